The van der Waals surface area contributed by atoms with E-state index in [1.807, 2.05) is 59.2 Å². The zero-order valence-electron chi connectivity index (χ0n) is 20.8. The maximum absolute atomic E-state index is 12.7. The quantitative estimate of drug-likeness (QED) is 0.130. The summed E-state index contributed by atoms with van der Waals surface area (Å²) >= 11 is 0. The van der Waals surface area contributed by atoms with Gasteiger partial charge in [0.2, 0.25) is 5.91 Å². The number of hydroxylamine groups is 1. The van der Waals surface area contributed by atoms with Crippen molar-refractivity contribution in [3.05, 3.63) is 114 Å². The molecule has 10 nitrogen and oxygen atoms in total. The van der Waals surface area contributed by atoms with Gasteiger partial charge in [-0.3, -0.25) is 19.6 Å². The highest BCUT2D eigenvalue weighted by molar-refractivity contribution is 5.97. The van der Waals surface area contributed by atoms with Crippen LogP contribution in [0.25, 0.3) is 5.69 Å². The summed E-state index contributed by atoms with van der Waals surface area (Å²) < 4.78 is 1.83. The van der Waals surface area contributed by atoms with Crippen LogP contribution < -0.4 is 21.4 Å². The van der Waals surface area contributed by atoms with Crippen LogP contribution in [0.15, 0.2) is 97.6 Å². The summed E-state index contributed by atoms with van der Waals surface area (Å²) in [6, 6.07) is 22.3. The third-order valence-electron chi connectivity index (χ3n) is 5.61. The molecule has 0 aliphatic heterocycles. The summed E-state index contributed by atoms with van der Waals surface area (Å²) in [4.78, 5) is 41.2. The number of hydrogen-bond donors (Lipinski definition) is 5. The van der Waals surface area contributed by atoms with Crippen LogP contribution in [0.4, 0.5) is 5.69 Å². The van der Waals surface area contributed by atoms with E-state index in [0.717, 1.165) is 16.8 Å². The summed E-state index contributed by atoms with van der Waals surface area (Å²) in [5.41, 5.74) is 4.99. The Morgan fingerprint density at radius 2 is 1.67 bits per heavy atom. The number of aromatic nitrogens is 2. The van der Waals surface area contributed by atoms with E-state index in [2.05, 4.69) is 32.8 Å². The summed E-state index contributed by atoms with van der Waals surface area (Å²) in [7, 11) is 0. The Morgan fingerprint density at radius 3 is 2.36 bits per heavy atom. The van der Waals surface area contributed by atoms with E-state index in [1.165, 1.54) is 5.48 Å². The van der Waals surface area contributed by atoms with E-state index in [1.54, 1.807) is 43.0 Å². The Morgan fingerprint density at radius 1 is 0.923 bits per heavy atom. The zero-order chi connectivity index (χ0) is 27.5. The molecule has 0 saturated carbocycles. The molecular weight excluding hydrogens is 496 g/mol. The molecule has 4 aromatic rings. The van der Waals surface area contributed by atoms with Gasteiger partial charge in [0.05, 0.1) is 12.9 Å². The van der Waals surface area contributed by atoms with Gasteiger partial charge < -0.3 is 20.5 Å². The molecule has 0 radical (unpaired) electrons. The first-order valence-electron chi connectivity index (χ1n) is 12.0. The Bertz CT molecular complexity index is 1480. The molecule has 10 heteroatoms. The van der Waals surface area contributed by atoms with Crippen molar-refractivity contribution in [2.24, 2.45) is 0 Å². The molecule has 0 aliphatic carbocycles. The van der Waals surface area contributed by atoms with Crippen LogP contribution in [0, 0.1) is 11.8 Å². The third kappa shape index (κ3) is 7.79. The van der Waals surface area contributed by atoms with Crippen molar-refractivity contribution in [3.8, 4) is 17.5 Å². The molecule has 39 heavy (non-hydrogen) atoms. The van der Waals surface area contributed by atoms with E-state index in [9.17, 15) is 14.4 Å². The van der Waals surface area contributed by atoms with Crippen LogP contribution in [0.3, 0.4) is 0 Å². The lowest BCUT2D eigenvalue weighted by Crippen LogP contribution is -2.52. The monoisotopic (exact) mass is 522 g/mol. The number of carbonyl (C=O) groups excluding carboxylic acids is 3. The molecule has 0 bridgehead atoms. The largest absolute Gasteiger partial charge is 0.376 e. The van der Waals surface area contributed by atoms with E-state index in [4.69, 9.17) is 5.21 Å². The second kappa shape index (κ2) is 13.2. The molecular formula is C29H26N6O4. The summed E-state index contributed by atoms with van der Waals surface area (Å²) in [6.07, 6.45) is 5.14. The predicted octanol–water partition coefficient (Wildman–Crippen LogP) is 2.10. The van der Waals surface area contributed by atoms with E-state index in [0.29, 0.717) is 11.3 Å². The van der Waals surface area contributed by atoms with Gasteiger partial charge in [-0.2, -0.15) is 0 Å². The van der Waals surface area contributed by atoms with Gasteiger partial charge in [-0.25, -0.2) is 10.5 Å². The molecule has 4 rings (SSSR count). The summed E-state index contributed by atoms with van der Waals surface area (Å²) in [5.74, 6) is 4.25. The smallest absolute Gasteiger partial charge is 0.267 e. The lowest BCUT2D eigenvalue weighted by molar-refractivity contribution is -0.131. The number of rotatable bonds is 9. The van der Waals surface area contributed by atoms with Crippen molar-refractivity contribution in [2.75, 3.05) is 18.4 Å². The average Bonchev–Trinajstić information content (AvgIpc) is 3.53. The maximum atomic E-state index is 12.7. The maximum Gasteiger partial charge on any atom is 0.267 e. The second-order valence-electron chi connectivity index (χ2n) is 8.37. The van der Waals surface area contributed by atoms with Crippen molar-refractivity contribution in [2.45, 2.75) is 6.04 Å². The Kier molecular flexibility index (Phi) is 9.04. The van der Waals surface area contributed by atoms with E-state index in [-0.39, 0.29) is 13.1 Å². The molecule has 0 spiro atoms. The molecule has 3 amide bonds. The number of amides is 3. The van der Waals surface area contributed by atoms with Crippen molar-refractivity contribution in [1.29, 1.82) is 0 Å². The van der Waals surface area contributed by atoms with Gasteiger partial charge in [-0.15, -0.1) is 0 Å². The van der Waals surface area contributed by atoms with Crippen LogP contribution in [0.2, 0.25) is 0 Å². The van der Waals surface area contributed by atoms with Crippen LogP contribution >= 0.6 is 0 Å². The molecule has 0 saturated heterocycles. The lowest BCUT2D eigenvalue weighted by atomic mass is 10.1. The Balaban J connectivity index is 1.29. The van der Waals surface area contributed by atoms with Crippen LogP contribution in [0.5, 0.6) is 0 Å². The summed E-state index contributed by atoms with van der Waals surface area (Å²) in [6.45, 7) is -0.297. The minimum absolute atomic E-state index is 0.0692. The molecule has 1 heterocycles. The Labute approximate surface area is 225 Å². The molecule has 0 aliphatic rings. The van der Waals surface area contributed by atoms with Gasteiger partial charge >= 0.3 is 0 Å². The average molecular weight is 523 g/mol. The van der Waals surface area contributed by atoms with Crippen LogP contribution in [0.1, 0.15) is 21.5 Å². The minimum atomic E-state index is -1.20. The molecule has 0 fully saturated rings. The van der Waals surface area contributed by atoms with E-state index >= 15 is 0 Å². The predicted molar refractivity (Wildman–Crippen MR) is 145 cm³/mol. The van der Waals surface area contributed by atoms with Crippen molar-refractivity contribution in [1.82, 2.24) is 25.7 Å². The van der Waals surface area contributed by atoms with Crippen molar-refractivity contribution < 1.29 is 19.6 Å². The highest BCUT2D eigenvalue weighted by Crippen LogP contribution is 2.14. The number of nitrogens with zero attached hydrogens (tertiary/aromatic N) is 2. The highest BCUT2D eigenvalue weighted by atomic mass is 16.5. The number of nitrogens with one attached hydrogen (secondary N) is 4. The molecule has 1 atom stereocenters. The normalized spacial score (nSPS) is 10.9. The first-order chi connectivity index (χ1) is 19.0. The van der Waals surface area contributed by atoms with Gasteiger partial charge in [-0.1, -0.05) is 36.1 Å². The van der Waals surface area contributed by atoms with Crippen molar-refractivity contribution >= 4 is 23.4 Å². The summed E-state index contributed by atoms with van der Waals surface area (Å²) in [5, 5.41) is 17.2. The fraction of sp³-hybridized carbons (Fsp3) is 0.103. The van der Waals surface area contributed by atoms with Crippen LogP contribution in [-0.4, -0.2) is 51.6 Å². The lowest BCUT2D eigenvalue weighted by Gasteiger charge is -2.18. The van der Waals surface area contributed by atoms with Gasteiger partial charge in [-0.05, 0) is 54.6 Å². The van der Waals surface area contributed by atoms with Crippen molar-refractivity contribution in [3.63, 3.8) is 0 Å². The van der Waals surface area contributed by atoms with Gasteiger partial charge in [0.25, 0.3) is 11.8 Å². The van der Waals surface area contributed by atoms with E-state index < -0.39 is 23.8 Å². The molecule has 0 unspecified atom stereocenters. The SMILES string of the molecule is O=C(CNc1cccc(-n2ccnc2)c1)NC[C@H](NC(=O)c1ccc(C#Cc2ccccc2)cc1)C(=O)NO. The Hall–Kier alpha value is -5.40. The number of anilines is 1. The molecule has 196 valence electrons. The fourth-order valence-corrected chi connectivity index (χ4v) is 3.55. The zero-order valence-corrected chi connectivity index (χ0v) is 20.8. The van der Waals surface area contributed by atoms with Gasteiger partial charge in [0, 0.05) is 47.0 Å². The highest BCUT2D eigenvalue weighted by Gasteiger charge is 2.22. The van der Waals surface area contributed by atoms with Crippen LogP contribution in [-0.2, 0) is 9.59 Å². The van der Waals surface area contributed by atoms with Gasteiger partial charge in [0.15, 0.2) is 0 Å². The fourth-order valence-electron chi connectivity index (χ4n) is 3.55. The number of hydrogen-bond acceptors (Lipinski definition) is 6. The standard InChI is InChI=1S/C29H26N6O4/c36-27(19-31-24-7-4-8-25(17-24)35-16-15-30-20-35)32-18-26(29(38)34-39)33-28(37)23-13-11-22(12-14-23)10-9-21-5-2-1-3-6-21/h1-8,11-17,20,26,31,39H,18-19H2,(H,32,36)(H,33,37)(H,34,38)/t26-/m0/s1. The molecule has 5 N–H and O–H groups in total. The number of imidazole rings is 1. The minimum Gasteiger partial charge on any atom is -0.376 e. The second-order valence-corrected chi connectivity index (χ2v) is 8.37. The van der Waals surface area contributed by atoms with Gasteiger partial charge in [0.1, 0.15) is 6.04 Å². The number of carbonyl (C=O) groups is 3. The molecule has 1 aromatic heterocycles. The topological polar surface area (TPSA) is 137 Å². The first-order valence-corrected chi connectivity index (χ1v) is 12.0. The number of benzene rings is 3. The third-order valence-corrected chi connectivity index (χ3v) is 5.61. The first kappa shape index (κ1) is 26.7. The molecule has 3 aromatic carbocycles.